The van der Waals surface area contributed by atoms with Crippen molar-refractivity contribution in [2.75, 3.05) is 38.0 Å². The highest BCUT2D eigenvalue weighted by molar-refractivity contribution is 5.77. The van der Waals surface area contributed by atoms with Gasteiger partial charge >= 0.3 is 0 Å². The second-order valence-electron chi connectivity index (χ2n) is 5.66. The van der Waals surface area contributed by atoms with Gasteiger partial charge in [0.1, 0.15) is 0 Å². The van der Waals surface area contributed by atoms with E-state index in [1.807, 2.05) is 4.90 Å². The minimum atomic E-state index is 0.157. The molecule has 22 heavy (non-hydrogen) atoms. The van der Waals surface area contributed by atoms with E-state index in [0.29, 0.717) is 39.1 Å². The molecule has 2 amide bonds. The van der Waals surface area contributed by atoms with Crippen molar-refractivity contribution in [1.82, 2.24) is 9.80 Å². The number of carbonyl (C=O) groups is 2. The molecule has 0 aliphatic carbocycles. The zero-order chi connectivity index (χ0) is 15.9. The number of piperazine rings is 1. The van der Waals surface area contributed by atoms with Gasteiger partial charge in [-0.2, -0.15) is 0 Å². The summed E-state index contributed by atoms with van der Waals surface area (Å²) in [5, 5.41) is 3.41. The molecule has 1 saturated heterocycles. The van der Waals surface area contributed by atoms with Gasteiger partial charge in [-0.05, 0) is 24.5 Å². The highest BCUT2D eigenvalue weighted by Crippen LogP contribution is 2.20. The fraction of sp³-hybridized carbons (Fsp3) is 0.529. The molecule has 1 aromatic rings. The van der Waals surface area contributed by atoms with Crippen molar-refractivity contribution >= 4 is 18.0 Å². The minimum Gasteiger partial charge on any atom is -0.384 e. The molecule has 0 aromatic heterocycles. The Morgan fingerprint density at radius 2 is 2.00 bits per heavy atom. The lowest BCUT2D eigenvalue weighted by Crippen LogP contribution is -2.48. The van der Waals surface area contributed by atoms with E-state index in [-0.39, 0.29) is 5.91 Å². The van der Waals surface area contributed by atoms with Gasteiger partial charge in [0, 0.05) is 44.8 Å². The molecule has 1 aliphatic heterocycles. The number of carbonyl (C=O) groups excluding carboxylic acids is 2. The van der Waals surface area contributed by atoms with Gasteiger partial charge in [0.2, 0.25) is 12.3 Å². The van der Waals surface area contributed by atoms with E-state index in [1.54, 1.807) is 4.90 Å². The van der Waals surface area contributed by atoms with E-state index < -0.39 is 0 Å². The molecule has 0 spiro atoms. The van der Waals surface area contributed by atoms with Gasteiger partial charge in [-0.25, -0.2) is 0 Å². The van der Waals surface area contributed by atoms with Gasteiger partial charge in [-0.1, -0.05) is 25.1 Å². The molecule has 5 heteroatoms. The van der Waals surface area contributed by atoms with Gasteiger partial charge in [0.15, 0.2) is 0 Å². The summed E-state index contributed by atoms with van der Waals surface area (Å²) in [6.45, 7) is 7.43. The highest BCUT2D eigenvalue weighted by Gasteiger charge is 2.19. The van der Waals surface area contributed by atoms with Crippen LogP contribution in [0.25, 0.3) is 0 Å². The molecule has 0 unspecified atom stereocenters. The molecule has 1 heterocycles. The summed E-state index contributed by atoms with van der Waals surface area (Å²) in [6, 6.07) is 6.27. The Balaban J connectivity index is 1.82. The van der Waals surface area contributed by atoms with Crippen LogP contribution in [0.5, 0.6) is 0 Å². The van der Waals surface area contributed by atoms with Crippen molar-refractivity contribution in [2.24, 2.45) is 0 Å². The SMILES string of the molecule is CCc1cccc(C)c1NCCC(=O)N1CCN(C=O)CC1. The van der Waals surface area contributed by atoms with E-state index in [0.717, 1.165) is 18.5 Å². The molecule has 5 nitrogen and oxygen atoms in total. The van der Waals surface area contributed by atoms with Crippen molar-refractivity contribution < 1.29 is 9.59 Å². The van der Waals surface area contributed by atoms with Gasteiger partial charge in [-0.3, -0.25) is 9.59 Å². The van der Waals surface area contributed by atoms with Crippen molar-refractivity contribution in [3.8, 4) is 0 Å². The maximum absolute atomic E-state index is 12.2. The van der Waals surface area contributed by atoms with Crippen LogP contribution in [0.4, 0.5) is 5.69 Å². The van der Waals surface area contributed by atoms with E-state index in [1.165, 1.54) is 11.1 Å². The number of nitrogens with zero attached hydrogens (tertiary/aromatic N) is 2. The fourth-order valence-electron chi connectivity index (χ4n) is 2.81. The second kappa shape index (κ2) is 7.82. The number of rotatable bonds is 6. The lowest BCUT2D eigenvalue weighted by molar-refractivity contribution is -0.134. The summed E-state index contributed by atoms with van der Waals surface area (Å²) in [6.07, 6.45) is 2.32. The van der Waals surface area contributed by atoms with Gasteiger partial charge < -0.3 is 15.1 Å². The smallest absolute Gasteiger partial charge is 0.224 e. The molecule has 0 radical (unpaired) electrons. The van der Waals surface area contributed by atoms with Crippen LogP contribution in [0.15, 0.2) is 18.2 Å². The Morgan fingerprint density at radius 1 is 1.27 bits per heavy atom. The van der Waals surface area contributed by atoms with E-state index in [9.17, 15) is 9.59 Å². The Morgan fingerprint density at radius 3 is 2.64 bits per heavy atom. The molecule has 120 valence electrons. The largest absolute Gasteiger partial charge is 0.384 e. The highest BCUT2D eigenvalue weighted by atomic mass is 16.2. The summed E-state index contributed by atoms with van der Waals surface area (Å²) in [4.78, 5) is 26.4. The first-order valence-electron chi connectivity index (χ1n) is 7.95. The Bertz CT molecular complexity index is 523. The van der Waals surface area contributed by atoms with Gasteiger partial charge in [-0.15, -0.1) is 0 Å². The standard InChI is InChI=1S/C17H25N3O2/c1-3-15-6-4-5-14(2)17(15)18-8-7-16(22)20-11-9-19(13-21)10-12-20/h4-6,13,18H,3,7-12H2,1-2H3. The van der Waals surface area contributed by atoms with E-state index in [4.69, 9.17) is 0 Å². The predicted octanol–water partition coefficient (Wildman–Crippen LogP) is 1.66. The van der Waals surface area contributed by atoms with Crippen LogP contribution < -0.4 is 5.32 Å². The molecule has 0 bridgehead atoms. The zero-order valence-electron chi connectivity index (χ0n) is 13.5. The Labute approximate surface area is 132 Å². The van der Waals surface area contributed by atoms with Crippen LogP contribution >= 0.6 is 0 Å². The topological polar surface area (TPSA) is 52.7 Å². The van der Waals surface area contributed by atoms with Crippen molar-refractivity contribution in [1.29, 1.82) is 0 Å². The number of hydrogen-bond donors (Lipinski definition) is 1. The van der Waals surface area contributed by atoms with Crippen molar-refractivity contribution in [2.45, 2.75) is 26.7 Å². The fourth-order valence-corrected chi connectivity index (χ4v) is 2.81. The summed E-state index contributed by atoms with van der Waals surface area (Å²) in [7, 11) is 0. The number of nitrogens with one attached hydrogen (secondary N) is 1. The zero-order valence-corrected chi connectivity index (χ0v) is 13.5. The van der Waals surface area contributed by atoms with E-state index in [2.05, 4.69) is 37.4 Å². The molecule has 1 aromatic carbocycles. The number of benzene rings is 1. The monoisotopic (exact) mass is 303 g/mol. The molecule has 2 rings (SSSR count). The summed E-state index contributed by atoms with van der Waals surface area (Å²) in [5.74, 6) is 0.157. The second-order valence-corrected chi connectivity index (χ2v) is 5.66. The maximum atomic E-state index is 12.2. The molecule has 1 fully saturated rings. The first kappa shape index (κ1) is 16.3. The third-order valence-electron chi connectivity index (χ3n) is 4.20. The van der Waals surface area contributed by atoms with Gasteiger partial charge in [0.05, 0.1) is 0 Å². The quantitative estimate of drug-likeness (QED) is 0.813. The number of hydrogen-bond acceptors (Lipinski definition) is 3. The molecule has 0 atom stereocenters. The first-order chi connectivity index (χ1) is 10.7. The summed E-state index contributed by atoms with van der Waals surface area (Å²) < 4.78 is 0. The lowest BCUT2D eigenvalue weighted by Gasteiger charge is -2.32. The predicted molar refractivity (Wildman–Crippen MR) is 87.9 cm³/mol. The minimum absolute atomic E-state index is 0.157. The molecular weight excluding hydrogens is 278 g/mol. The first-order valence-corrected chi connectivity index (χ1v) is 7.95. The van der Waals surface area contributed by atoms with Crippen LogP contribution in [0.1, 0.15) is 24.5 Å². The average molecular weight is 303 g/mol. The molecule has 0 saturated carbocycles. The third-order valence-corrected chi connectivity index (χ3v) is 4.20. The Kier molecular flexibility index (Phi) is 5.81. The number of para-hydroxylation sites is 1. The van der Waals surface area contributed by atoms with Crippen LogP contribution in [0.2, 0.25) is 0 Å². The number of aryl methyl sites for hydroxylation is 2. The lowest BCUT2D eigenvalue weighted by atomic mass is 10.1. The van der Waals surface area contributed by atoms with Gasteiger partial charge in [0.25, 0.3) is 0 Å². The summed E-state index contributed by atoms with van der Waals surface area (Å²) in [5.41, 5.74) is 3.65. The normalized spacial score (nSPS) is 14.8. The van der Waals surface area contributed by atoms with Crippen molar-refractivity contribution in [3.05, 3.63) is 29.3 Å². The van der Waals surface area contributed by atoms with Crippen LogP contribution in [0.3, 0.4) is 0 Å². The molecule has 1 aliphatic rings. The van der Waals surface area contributed by atoms with Crippen LogP contribution in [-0.2, 0) is 16.0 Å². The number of amides is 2. The van der Waals surface area contributed by atoms with E-state index >= 15 is 0 Å². The average Bonchev–Trinajstić information content (AvgIpc) is 2.56. The van der Waals surface area contributed by atoms with Crippen LogP contribution in [0, 0.1) is 6.92 Å². The number of anilines is 1. The van der Waals surface area contributed by atoms with Crippen molar-refractivity contribution in [3.63, 3.8) is 0 Å². The summed E-state index contributed by atoms with van der Waals surface area (Å²) >= 11 is 0. The Hall–Kier alpha value is -2.04. The van der Waals surface area contributed by atoms with Crippen LogP contribution in [-0.4, -0.2) is 54.8 Å². The molecular formula is C17H25N3O2. The third kappa shape index (κ3) is 4.00. The molecule has 1 N–H and O–H groups in total. The maximum Gasteiger partial charge on any atom is 0.224 e.